The highest BCUT2D eigenvalue weighted by Crippen LogP contribution is 2.06. The van der Waals surface area contributed by atoms with Crippen molar-refractivity contribution in [3.63, 3.8) is 0 Å². The highest BCUT2D eigenvalue weighted by molar-refractivity contribution is 5.85. The molecule has 1 fully saturated rings. The fraction of sp³-hybridized carbons (Fsp3) is 0.500. The van der Waals surface area contributed by atoms with Crippen molar-refractivity contribution in [2.24, 2.45) is 0 Å². The fourth-order valence-electron chi connectivity index (χ4n) is 2.09. The molecule has 0 aromatic heterocycles. The van der Waals surface area contributed by atoms with E-state index in [-0.39, 0.29) is 24.5 Å². The molecule has 1 atom stereocenters. The van der Waals surface area contributed by atoms with Crippen molar-refractivity contribution < 1.29 is 9.53 Å². The van der Waals surface area contributed by atoms with Crippen molar-refractivity contribution in [1.82, 2.24) is 10.6 Å². The number of carbonyl (C=O) groups excluding carboxylic acids is 1. The number of rotatable bonds is 3. The van der Waals surface area contributed by atoms with Gasteiger partial charge in [-0.15, -0.1) is 12.4 Å². The molecule has 1 saturated heterocycles. The normalized spacial score (nSPS) is 18.8. The molecule has 1 amide bonds. The Labute approximate surface area is 120 Å². The van der Waals surface area contributed by atoms with Gasteiger partial charge in [-0.25, -0.2) is 4.79 Å². The summed E-state index contributed by atoms with van der Waals surface area (Å²) in [6, 6.07) is 9.96. The topological polar surface area (TPSA) is 50.4 Å². The van der Waals surface area contributed by atoms with Crippen LogP contribution in [0.15, 0.2) is 30.3 Å². The largest absolute Gasteiger partial charge is 0.445 e. The minimum absolute atomic E-state index is 0. The average molecular weight is 285 g/mol. The van der Waals surface area contributed by atoms with E-state index < -0.39 is 0 Å². The summed E-state index contributed by atoms with van der Waals surface area (Å²) in [5.74, 6) is 0. The van der Waals surface area contributed by atoms with Gasteiger partial charge in [0.15, 0.2) is 0 Å². The molecule has 0 spiro atoms. The Bertz CT molecular complexity index is 365. The lowest BCUT2D eigenvalue weighted by molar-refractivity contribution is 0.135. The Balaban J connectivity index is 0.00000180. The zero-order valence-corrected chi connectivity index (χ0v) is 11.7. The third kappa shape index (κ3) is 5.94. The SMILES string of the molecule is Cl.O=C(N[C@@H]1CCCNCC1)OCc1ccccc1. The molecule has 19 heavy (non-hydrogen) atoms. The smallest absolute Gasteiger partial charge is 0.407 e. The van der Waals surface area contributed by atoms with Crippen molar-refractivity contribution in [2.45, 2.75) is 31.9 Å². The molecular weight excluding hydrogens is 264 g/mol. The van der Waals surface area contributed by atoms with Crippen LogP contribution in [-0.4, -0.2) is 25.2 Å². The first-order chi connectivity index (χ1) is 8.84. The van der Waals surface area contributed by atoms with Gasteiger partial charge >= 0.3 is 6.09 Å². The number of hydrogen-bond acceptors (Lipinski definition) is 3. The highest BCUT2D eigenvalue weighted by atomic mass is 35.5. The fourth-order valence-corrected chi connectivity index (χ4v) is 2.09. The summed E-state index contributed by atoms with van der Waals surface area (Å²) >= 11 is 0. The zero-order chi connectivity index (χ0) is 12.6. The van der Waals surface area contributed by atoms with Crippen molar-refractivity contribution in [3.8, 4) is 0 Å². The summed E-state index contributed by atoms with van der Waals surface area (Å²) in [6.45, 7) is 2.33. The lowest BCUT2D eigenvalue weighted by atomic mass is 10.1. The van der Waals surface area contributed by atoms with Crippen molar-refractivity contribution in [3.05, 3.63) is 35.9 Å². The van der Waals surface area contributed by atoms with E-state index >= 15 is 0 Å². The molecule has 0 aliphatic carbocycles. The number of nitrogens with one attached hydrogen (secondary N) is 2. The van der Waals surface area contributed by atoms with Gasteiger partial charge in [-0.05, 0) is 37.9 Å². The molecule has 1 heterocycles. The second kappa shape index (κ2) is 8.77. The first-order valence-electron chi connectivity index (χ1n) is 6.52. The molecule has 1 aromatic rings. The maximum absolute atomic E-state index is 11.6. The zero-order valence-electron chi connectivity index (χ0n) is 10.9. The van der Waals surface area contributed by atoms with Crippen LogP contribution in [-0.2, 0) is 11.3 Å². The van der Waals surface area contributed by atoms with Gasteiger partial charge < -0.3 is 15.4 Å². The maximum Gasteiger partial charge on any atom is 0.407 e. The Hall–Kier alpha value is -1.26. The van der Waals surface area contributed by atoms with Gasteiger partial charge in [0.05, 0.1) is 0 Å². The minimum Gasteiger partial charge on any atom is -0.445 e. The molecule has 0 radical (unpaired) electrons. The molecule has 2 N–H and O–H groups in total. The lowest BCUT2D eigenvalue weighted by Gasteiger charge is -2.15. The first-order valence-corrected chi connectivity index (χ1v) is 6.52. The molecule has 0 bridgehead atoms. The van der Waals surface area contributed by atoms with Gasteiger partial charge in [-0.2, -0.15) is 0 Å². The average Bonchev–Trinajstić information content (AvgIpc) is 2.66. The van der Waals surface area contributed by atoms with E-state index in [0.717, 1.165) is 37.9 Å². The second-order valence-electron chi connectivity index (χ2n) is 4.58. The van der Waals surface area contributed by atoms with Gasteiger partial charge in [0, 0.05) is 6.04 Å². The van der Waals surface area contributed by atoms with E-state index in [1.54, 1.807) is 0 Å². The van der Waals surface area contributed by atoms with Gasteiger partial charge in [-0.1, -0.05) is 30.3 Å². The summed E-state index contributed by atoms with van der Waals surface area (Å²) in [7, 11) is 0. The van der Waals surface area contributed by atoms with E-state index in [1.807, 2.05) is 30.3 Å². The van der Waals surface area contributed by atoms with Crippen LogP contribution in [0.3, 0.4) is 0 Å². The van der Waals surface area contributed by atoms with Crippen LogP contribution < -0.4 is 10.6 Å². The second-order valence-corrected chi connectivity index (χ2v) is 4.58. The van der Waals surface area contributed by atoms with Gasteiger partial charge in [-0.3, -0.25) is 0 Å². The van der Waals surface area contributed by atoms with Gasteiger partial charge in [0.25, 0.3) is 0 Å². The predicted molar refractivity (Wildman–Crippen MR) is 77.5 cm³/mol. The summed E-state index contributed by atoms with van der Waals surface area (Å²) in [5, 5.41) is 6.24. The van der Waals surface area contributed by atoms with Gasteiger partial charge in [0.2, 0.25) is 0 Å². The Kier molecular flexibility index (Phi) is 7.30. The van der Waals surface area contributed by atoms with E-state index in [1.165, 1.54) is 0 Å². The standard InChI is InChI=1S/C14H20N2O2.ClH/c17-14(16-13-7-4-9-15-10-8-13)18-11-12-5-2-1-3-6-12;/h1-3,5-6,13,15H,4,7-11H2,(H,16,17);1H/t13-;/m1./s1. The molecule has 5 heteroatoms. The third-order valence-electron chi connectivity index (χ3n) is 3.11. The van der Waals surface area contributed by atoms with Crippen LogP contribution in [0.2, 0.25) is 0 Å². The number of amides is 1. The molecule has 106 valence electrons. The number of hydrogen-bond donors (Lipinski definition) is 2. The number of carbonyl (C=O) groups is 1. The first kappa shape index (κ1) is 15.8. The Morgan fingerprint density at radius 3 is 2.84 bits per heavy atom. The molecule has 1 aliphatic heterocycles. The van der Waals surface area contributed by atoms with Crippen LogP contribution in [0.5, 0.6) is 0 Å². The van der Waals surface area contributed by atoms with Crippen LogP contribution in [0.25, 0.3) is 0 Å². The number of ether oxygens (including phenoxy) is 1. The van der Waals surface area contributed by atoms with E-state index in [9.17, 15) is 4.79 Å². The van der Waals surface area contributed by atoms with Crippen molar-refractivity contribution in [2.75, 3.05) is 13.1 Å². The Morgan fingerprint density at radius 1 is 1.26 bits per heavy atom. The molecule has 1 aromatic carbocycles. The maximum atomic E-state index is 11.6. The van der Waals surface area contributed by atoms with E-state index in [4.69, 9.17) is 4.74 Å². The minimum atomic E-state index is -0.314. The summed E-state index contributed by atoms with van der Waals surface area (Å²) in [6.07, 6.45) is 2.78. The van der Waals surface area contributed by atoms with E-state index in [2.05, 4.69) is 10.6 Å². The number of benzene rings is 1. The van der Waals surface area contributed by atoms with Crippen LogP contribution in [0.4, 0.5) is 4.79 Å². The Morgan fingerprint density at radius 2 is 2.05 bits per heavy atom. The quantitative estimate of drug-likeness (QED) is 0.896. The van der Waals surface area contributed by atoms with Crippen LogP contribution in [0, 0.1) is 0 Å². The molecule has 2 rings (SSSR count). The van der Waals surface area contributed by atoms with Gasteiger partial charge in [0.1, 0.15) is 6.61 Å². The van der Waals surface area contributed by atoms with Crippen LogP contribution >= 0.6 is 12.4 Å². The third-order valence-corrected chi connectivity index (χ3v) is 3.11. The van der Waals surface area contributed by atoms with E-state index in [0.29, 0.717) is 6.61 Å². The number of halogens is 1. The number of alkyl carbamates (subject to hydrolysis) is 1. The summed E-state index contributed by atoms with van der Waals surface area (Å²) < 4.78 is 5.20. The summed E-state index contributed by atoms with van der Waals surface area (Å²) in [5.41, 5.74) is 1.01. The summed E-state index contributed by atoms with van der Waals surface area (Å²) in [4.78, 5) is 11.6. The molecular formula is C14H21ClN2O2. The lowest BCUT2D eigenvalue weighted by Crippen LogP contribution is -2.35. The van der Waals surface area contributed by atoms with Crippen molar-refractivity contribution >= 4 is 18.5 Å². The van der Waals surface area contributed by atoms with Crippen molar-refractivity contribution in [1.29, 1.82) is 0 Å². The molecule has 0 saturated carbocycles. The van der Waals surface area contributed by atoms with Crippen LogP contribution in [0.1, 0.15) is 24.8 Å². The monoisotopic (exact) mass is 284 g/mol. The predicted octanol–water partition coefficient (Wildman–Crippen LogP) is 2.48. The molecule has 0 unspecified atom stereocenters. The molecule has 1 aliphatic rings. The highest BCUT2D eigenvalue weighted by Gasteiger charge is 2.14. The molecule has 4 nitrogen and oxygen atoms in total.